The molecule has 0 fully saturated rings. The lowest BCUT2D eigenvalue weighted by Crippen LogP contribution is -2.34. The van der Waals surface area contributed by atoms with Crippen molar-refractivity contribution in [3.05, 3.63) is 229 Å². The Morgan fingerprint density at radius 2 is 0.964 bits per heavy atom. The molecule has 0 amide bonds. The van der Waals surface area contributed by atoms with Crippen molar-refractivity contribution in [1.82, 2.24) is 4.57 Å². The second-order valence-corrected chi connectivity index (χ2v) is 14.8. The average Bonchev–Trinajstić information content (AvgIpc) is 3.75. The molecule has 2 heteroatoms. The molecule has 1 aliphatic carbocycles. The Kier molecular flexibility index (Phi) is 6.29. The highest BCUT2D eigenvalue weighted by atomic mass is 15.2. The molecule has 0 bridgehead atoms. The molecule has 0 N–H and O–H groups in total. The van der Waals surface area contributed by atoms with E-state index >= 15 is 0 Å². The molecule has 1 aliphatic heterocycles. The van der Waals surface area contributed by atoms with Gasteiger partial charge in [-0.1, -0.05) is 176 Å². The largest absolute Gasteiger partial charge is 0.308 e. The van der Waals surface area contributed by atoms with Gasteiger partial charge in [-0.05, 0) is 80.0 Å². The smallest absolute Gasteiger partial charge is 0.0755 e. The fourth-order valence-corrected chi connectivity index (χ4v) is 10.0. The number of hydrogen-bond donors (Lipinski definition) is 0. The molecule has 0 saturated carbocycles. The first-order chi connectivity index (χ1) is 27.3. The van der Waals surface area contributed by atoms with E-state index in [1.807, 2.05) is 0 Å². The summed E-state index contributed by atoms with van der Waals surface area (Å²) in [6, 6.07) is 76.4. The molecule has 1 aromatic heterocycles. The normalized spacial score (nSPS) is 13.2. The van der Waals surface area contributed by atoms with E-state index in [0.29, 0.717) is 0 Å². The molecule has 0 atom stereocenters. The van der Waals surface area contributed by atoms with Gasteiger partial charge in [0.15, 0.2) is 0 Å². The van der Waals surface area contributed by atoms with Crippen LogP contribution >= 0.6 is 0 Å². The molecule has 55 heavy (non-hydrogen) atoms. The topological polar surface area (TPSA) is 8.17 Å². The number of fused-ring (bicyclic) bond motifs is 13. The van der Waals surface area contributed by atoms with Crippen LogP contribution in [0.2, 0.25) is 0 Å². The van der Waals surface area contributed by atoms with Crippen LogP contribution in [0.25, 0.3) is 60.5 Å². The Balaban J connectivity index is 1.28. The van der Waals surface area contributed by atoms with Gasteiger partial charge in [-0.15, -0.1) is 0 Å². The van der Waals surface area contributed by atoms with E-state index in [1.165, 1.54) is 82.8 Å². The molecule has 0 radical (unpaired) electrons. The molecule has 2 aliphatic rings. The van der Waals surface area contributed by atoms with Crippen LogP contribution in [0.3, 0.4) is 0 Å². The summed E-state index contributed by atoms with van der Waals surface area (Å²) < 4.78 is 2.58. The zero-order chi connectivity index (χ0) is 36.1. The molecular formula is C53H34N2. The number of benzene rings is 9. The van der Waals surface area contributed by atoms with Crippen LogP contribution in [0.4, 0.5) is 17.1 Å². The third-order valence-corrected chi connectivity index (χ3v) is 12.2. The second kappa shape index (κ2) is 11.4. The predicted octanol–water partition coefficient (Wildman–Crippen LogP) is 13.8. The molecule has 1 spiro atoms. The molecule has 256 valence electrons. The molecule has 12 rings (SSSR count). The van der Waals surface area contributed by atoms with Gasteiger partial charge in [0.2, 0.25) is 0 Å². The standard InChI is InChI=1S/C53H34N2/c1-2-17-36(18-3-1)39-20-8-12-29-48(39)54(38-33-32-35-16-4-5-19-37(35)34-38)50-31-15-28-47-52(50)55-49-30-13-9-23-42(49)43-24-14-27-46(51(43)55)53(47)44-25-10-6-21-40(44)41-22-7-11-26-45(41)53/h1-34H. The van der Waals surface area contributed by atoms with Crippen molar-refractivity contribution >= 4 is 49.6 Å². The van der Waals surface area contributed by atoms with Crippen molar-refractivity contribution in [3.63, 3.8) is 0 Å². The van der Waals surface area contributed by atoms with Gasteiger partial charge in [0, 0.05) is 22.0 Å². The lowest BCUT2D eigenvalue weighted by Gasteiger charge is -2.41. The number of hydrogen-bond acceptors (Lipinski definition) is 1. The van der Waals surface area contributed by atoms with E-state index in [1.54, 1.807) is 0 Å². The Hall–Kier alpha value is -7.16. The van der Waals surface area contributed by atoms with Crippen molar-refractivity contribution in [2.75, 3.05) is 4.90 Å². The number of anilines is 3. The van der Waals surface area contributed by atoms with Crippen LogP contribution in [0.15, 0.2) is 206 Å². The van der Waals surface area contributed by atoms with Crippen molar-refractivity contribution in [1.29, 1.82) is 0 Å². The minimum absolute atomic E-state index is 0.531. The van der Waals surface area contributed by atoms with Gasteiger partial charge in [0.05, 0.1) is 33.5 Å². The molecular weight excluding hydrogens is 665 g/mol. The van der Waals surface area contributed by atoms with Crippen molar-refractivity contribution < 1.29 is 0 Å². The van der Waals surface area contributed by atoms with Gasteiger partial charge < -0.3 is 9.47 Å². The van der Waals surface area contributed by atoms with Crippen LogP contribution < -0.4 is 4.90 Å². The minimum atomic E-state index is -0.531. The van der Waals surface area contributed by atoms with Gasteiger partial charge >= 0.3 is 0 Å². The molecule has 2 heterocycles. The molecule has 0 unspecified atom stereocenters. The Bertz CT molecular complexity index is 3120. The SMILES string of the molecule is c1ccc(-c2ccccc2N(c2ccc3ccccc3c2)c2cccc3c2-n2c4ccccc4c4cccc(c42)C32c3ccccc3-c3ccccc32)cc1. The third-order valence-electron chi connectivity index (χ3n) is 12.2. The maximum atomic E-state index is 2.58. The average molecular weight is 699 g/mol. The van der Waals surface area contributed by atoms with Gasteiger partial charge in [-0.3, -0.25) is 0 Å². The van der Waals surface area contributed by atoms with Crippen LogP contribution in [-0.2, 0) is 5.41 Å². The third kappa shape index (κ3) is 4.03. The quantitative estimate of drug-likeness (QED) is 0.178. The summed E-state index contributed by atoms with van der Waals surface area (Å²) in [5, 5.41) is 4.97. The number of nitrogens with zero attached hydrogens (tertiary/aromatic N) is 2. The zero-order valence-electron chi connectivity index (χ0n) is 30.0. The van der Waals surface area contributed by atoms with Crippen molar-refractivity contribution in [2.45, 2.75) is 5.41 Å². The monoisotopic (exact) mass is 698 g/mol. The molecule has 10 aromatic rings. The first-order valence-electron chi connectivity index (χ1n) is 19.1. The Morgan fingerprint density at radius 3 is 1.78 bits per heavy atom. The fourth-order valence-electron chi connectivity index (χ4n) is 10.0. The minimum Gasteiger partial charge on any atom is -0.308 e. The zero-order valence-corrected chi connectivity index (χ0v) is 30.0. The van der Waals surface area contributed by atoms with Crippen molar-refractivity contribution in [2.24, 2.45) is 0 Å². The van der Waals surface area contributed by atoms with Crippen LogP contribution in [0, 0.1) is 0 Å². The number of aromatic nitrogens is 1. The van der Waals surface area contributed by atoms with Gasteiger partial charge in [0.25, 0.3) is 0 Å². The summed E-state index contributed by atoms with van der Waals surface area (Å²) in [6.45, 7) is 0. The van der Waals surface area contributed by atoms with E-state index < -0.39 is 5.41 Å². The second-order valence-electron chi connectivity index (χ2n) is 14.8. The summed E-state index contributed by atoms with van der Waals surface area (Å²) in [6.07, 6.45) is 0. The van der Waals surface area contributed by atoms with Gasteiger partial charge in [0.1, 0.15) is 0 Å². The lowest BCUT2D eigenvalue weighted by atomic mass is 9.65. The number of rotatable bonds is 4. The lowest BCUT2D eigenvalue weighted by molar-refractivity contribution is 0.748. The van der Waals surface area contributed by atoms with Gasteiger partial charge in [-0.25, -0.2) is 0 Å². The molecule has 2 nitrogen and oxygen atoms in total. The van der Waals surface area contributed by atoms with E-state index in [2.05, 4.69) is 216 Å². The summed E-state index contributed by atoms with van der Waals surface area (Å²) in [4.78, 5) is 2.52. The van der Waals surface area contributed by atoms with Gasteiger partial charge in [-0.2, -0.15) is 0 Å². The Labute approximate surface area is 319 Å². The van der Waals surface area contributed by atoms with E-state index in [9.17, 15) is 0 Å². The highest BCUT2D eigenvalue weighted by molar-refractivity contribution is 6.14. The first-order valence-corrected chi connectivity index (χ1v) is 19.1. The predicted molar refractivity (Wildman–Crippen MR) is 229 cm³/mol. The maximum Gasteiger partial charge on any atom is 0.0755 e. The van der Waals surface area contributed by atoms with Crippen LogP contribution in [0.5, 0.6) is 0 Å². The summed E-state index contributed by atoms with van der Waals surface area (Å²) in [5.41, 5.74) is 16.8. The van der Waals surface area contributed by atoms with Crippen LogP contribution in [-0.4, -0.2) is 4.57 Å². The van der Waals surface area contributed by atoms with Crippen molar-refractivity contribution in [3.8, 4) is 27.9 Å². The first kappa shape index (κ1) is 30.3. The summed E-state index contributed by atoms with van der Waals surface area (Å²) in [5.74, 6) is 0. The Morgan fingerprint density at radius 1 is 0.382 bits per heavy atom. The highest BCUT2D eigenvalue weighted by Gasteiger charge is 2.51. The number of para-hydroxylation sites is 4. The van der Waals surface area contributed by atoms with E-state index in [0.717, 1.165) is 17.1 Å². The van der Waals surface area contributed by atoms with Crippen LogP contribution in [0.1, 0.15) is 22.3 Å². The molecule has 9 aromatic carbocycles. The van der Waals surface area contributed by atoms with E-state index in [-0.39, 0.29) is 0 Å². The highest BCUT2D eigenvalue weighted by Crippen LogP contribution is 2.62. The maximum absolute atomic E-state index is 2.58. The molecule has 0 saturated heterocycles. The fraction of sp³-hybridized carbons (Fsp3) is 0.0189. The van der Waals surface area contributed by atoms with E-state index in [4.69, 9.17) is 0 Å². The summed E-state index contributed by atoms with van der Waals surface area (Å²) in [7, 11) is 0. The summed E-state index contributed by atoms with van der Waals surface area (Å²) >= 11 is 0.